The molecule has 0 spiro atoms. The minimum Gasteiger partial charge on any atom is -0.368 e. The Morgan fingerprint density at radius 2 is 2.29 bits per heavy atom. The summed E-state index contributed by atoms with van der Waals surface area (Å²) in [5.41, 5.74) is 3.13. The smallest absolute Gasteiger partial charge is 0.254 e. The maximum absolute atomic E-state index is 12.1. The molecule has 1 amide bonds. The molecule has 1 aromatic carbocycles. The van der Waals surface area contributed by atoms with E-state index in [1.807, 2.05) is 18.2 Å². The van der Waals surface area contributed by atoms with Gasteiger partial charge in [-0.1, -0.05) is 18.2 Å². The number of para-hydroxylation sites is 1. The fourth-order valence-electron chi connectivity index (χ4n) is 3.28. The molecule has 2 aromatic heterocycles. The van der Waals surface area contributed by atoms with Gasteiger partial charge in [-0.2, -0.15) is 5.10 Å². The number of hydrogen-bond donors (Lipinski definition) is 2. The summed E-state index contributed by atoms with van der Waals surface area (Å²) in [7, 11) is 0. The molecule has 3 aromatic rings. The number of aryl methyl sites for hydroxylation is 1. The molecule has 6 heteroatoms. The molecule has 1 aliphatic heterocycles. The van der Waals surface area contributed by atoms with Crippen molar-refractivity contribution < 1.29 is 9.53 Å². The number of ether oxygens (including phenoxy) is 1. The number of nitrogens with one attached hydrogen (secondary N) is 2. The number of rotatable bonds is 4. The summed E-state index contributed by atoms with van der Waals surface area (Å²) in [6.07, 6.45) is 1.35. The van der Waals surface area contributed by atoms with Gasteiger partial charge in [0.05, 0.1) is 11.4 Å². The first-order chi connectivity index (χ1) is 11.8. The Bertz CT molecular complexity index is 874. The Morgan fingerprint density at radius 1 is 1.42 bits per heavy atom. The van der Waals surface area contributed by atoms with E-state index in [1.165, 1.54) is 10.9 Å². The van der Waals surface area contributed by atoms with E-state index in [1.54, 1.807) is 0 Å². The Labute approximate surface area is 139 Å². The summed E-state index contributed by atoms with van der Waals surface area (Å²) < 4.78 is 7.63. The van der Waals surface area contributed by atoms with E-state index < -0.39 is 0 Å². The lowest BCUT2D eigenvalue weighted by Gasteiger charge is -2.07. The summed E-state index contributed by atoms with van der Waals surface area (Å²) in [5.74, 6) is 0.403. The molecule has 1 atom stereocenters. The van der Waals surface area contributed by atoms with Gasteiger partial charge in [-0.05, 0) is 31.9 Å². The van der Waals surface area contributed by atoms with Gasteiger partial charge in [0.1, 0.15) is 6.10 Å². The minimum absolute atomic E-state index is 0.124. The summed E-state index contributed by atoms with van der Waals surface area (Å²) in [5, 5.41) is 11.3. The summed E-state index contributed by atoms with van der Waals surface area (Å²) in [6.45, 7) is 3.63. The van der Waals surface area contributed by atoms with Crippen molar-refractivity contribution in [2.45, 2.75) is 32.4 Å². The van der Waals surface area contributed by atoms with Crippen molar-refractivity contribution in [2.75, 3.05) is 11.9 Å². The van der Waals surface area contributed by atoms with Crippen LogP contribution < -0.4 is 5.32 Å². The number of hydrogen-bond acceptors (Lipinski definition) is 3. The van der Waals surface area contributed by atoms with Gasteiger partial charge < -0.3 is 14.6 Å². The molecule has 0 saturated carbocycles. The number of aromatic amines is 1. The SMILES string of the molecule is CCn1c(-c2cc(NC(=O)[C@@H]3CCCO3)n[nH]2)cc2ccccc21. The van der Waals surface area contributed by atoms with Crippen molar-refractivity contribution in [1.29, 1.82) is 0 Å². The van der Waals surface area contributed by atoms with Crippen LogP contribution in [0.3, 0.4) is 0 Å². The molecular weight excluding hydrogens is 304 g/mol. The first kappa shape index (κ1) is 15.0. The molecule has 0 aliphatic carbocycles. The number of carbonyl (C=O) groups is 1. The highest BCUT2D eigenvalue weighted by Gasteiger charge is 2.24. The van der Waals surface area contributed by atoms with Gasteiger partial charge in [-0.15, -0.1) is 0 Å². The lowest BCUT2D eigenvalue weighted by atomic mass is 10.2. The predicted molar refractivity (Wildman–Crippen MR) is 92.8 cm³/mol. The Balaban J connectivity index is 1.61. The highest BCUT2D eigenvalue weighted by Crippen LogP contribution is 2.28. The second-order valence-electron chi connectivity index (χ2n) is 5.99. The van der Waals surface area contributed by atoms with Crippen molar-refractivity contribution >= 4 is 22.6 Å². The van der Waals surface area contributed by atoms with Gasteiger partial charge in [0, 0.05) is 30.1 Å². The van der Waals surface area contributed by atoms with E-state index >= 15 is 0 Å². The lowest BCUT2D eigenvalue weighted by molar-refractivity contribution is -0.124. The first-order valence-electron chi connectivity index (χ1n) is 8.33. The van der Waals surface area contributed by atoms with Crippen LogP contribution in [0.4, 0.5) is 5.82 Å². The second kappa shape index (κ2) is 6.13. The Morgan fingerprint density at radius 3 is 3.08 bits per heavy atom. The van der Waals surface area contributed by atoms with Crippen molar-refractivity contribution in [3.05, 3.63) is 36.4 Å². The third-order valence-electron chi connectivity index (χ3n) is 4.45. The van der Waals surface area contributed by atoms with Crippen LogP contribution in [0.15, 0.2) is 36.4 Å². The molecule has 0 bridgehead atoms. The number of anilines is 1. The van der Waals surface area contributed by atoms with Crippen LogP contribution in [0.1, 0.15) is 19.8 Å². The predicted octanol–water partition coefficient (Wildman–Crippen LogP) is 3.17. The normalized spacial score (nSPS) is 17.5. The molecule has 1 fully saturated rings. The van der Waals surface area contributed by atoms with Crippen molar-refractivity contribution in [3.63, 3.8) is 0 Å². The number of fused-ring (bicyclic) bond motifs is 1. The maximum atomic E-state index is 12.1. The second-order valence-corrected chi connectivity index (χ2v) is 5.99. The lowest BCUT2D eigenvalue weighted by Crippen LogP contribution is -2.26. The van der Waals surface area contributed by atoms with E-state index in [2.05, 4.69) is 45.2 Å². The van der Waals surface area contributed by atoms with Crippen LogP contribution in [0.2, 0.25) is 0 Å². The van der Waals surface area contributed by atoms with Crippen LogP contribution in [-0.2, 0) is 16.1 Å². The average molecular weight is 324 g/mol. The zero-order chi connectivity index (χ0) is 16.5. The summed E-state index contributed by atoms with van der Waals surface area (Å²) in [6, 6.07) is 12.3. The summed E-state index contributed by atoms with van der Waals surface area (Å²) >= 11 is 0. The van der Waals surface area contributed by atoms with Gasteiger partial charge in [0.25, 0.3) is 5.91 Å². The van der Waals surface area contributed by atoms with E-state index in [4.69, 9.17) is 4.74 Å². The quantitative estimate of drug-likeness (QED) is 0.774. The molecular formula is C18H20N4O2. The van der Waals surface area contributed by atoms with Gasteiger partial charge in [0.2, 0.25) is 0 Å². The molecule has 1 saturated heterocycles. The van der Waals surface area contributed by atoms with Crippen LogP contribution >= 0.6 is 0 Å². The third kappa shape index (κ3) is 2.59. The molecule has 0 radical (unpaired) electrons. The third-order valence-corrected chi connectivity index (χ3v) is 4.45. The van der Waals surface area contributed by atoms with Crippen LogP contribution in [0.25, 0.3) is 22.3 Å². The number of nitrogens with zero attached hydrogens (tertiary/aromatic N) is 2. The van der Waals surface area contributed by atoms with E-state index in [9.17, 15) is 4.79 Å². The zero-order valence-corrected chi connectivity index (χ0v) is 13.6. The number of carbonyl (C=O) groups excluding carboxylic acids is 1. The number of benzene rings is 1. The molecule has 24 heavy (non-hydrogen) atoms. The van der Waals surface area contributed by atoms with Crippen LogP contribution in [0, 0.1) is 0 Å². The highest BCUT2D eigenvalue weighted by molar-refractivity contribution is 5.94. The Kier molecular flexibility index (Phi) is 3.82. The van der Waals surface area contributed by atoms with E-state index in [-0.39, 0.29) is 12.0 Å². The standard InChI is InChI=1S/C18H20N4O2/c1-2-22-14-7-4-3-6-12(14)10-15(22)13-11-17(21-20-13)19-18(23)16-8-5-9-24-16/h3-4,6-7,10-11,16H,2,5,8-9H2,1H3,(H2,19,20,21,23)/t16-/m0/s1. The van der Waals surface area contributed by atoms with E-state index in [0.717, 1.165) is 30.8 Å². The first-order valence-corrected chi connectivity index (χ1v) is 8.33. The van der Waals surface area contributed by atoms with Gasteiger partial charge >= 0.3 is 0 Å². The molecule has 4 rings (SSSR count). The van der Waals surface area contributed by atoms with Crippen molar-refractivity contribution in [1.82, 2.24) is 14.8 Å². The molecule has 2 N–H and O–H groups in total. The monoisotopic (exact) mass is 324 g/mol. The number of H-pyrrole nitrogens is 1. The highest BCUT2D eigenvalue weighted by atomic mass is 16.5. The number of aromatic nitrogens is 3. The summed E-state index contributed by atoms with van der Waals surface area (Å²) in [4.78, 5) is 12.1. The van der Waals surface area contributed by atoms with Crippen molar-refractivity contribution in [2.24, 2.45) is 0 Å². The van der Waals surface area contributed by atoms with Crippen molar-refractivity contribution in [3.8, 4) is 11.4 Å². The topological polar surface area (TPSA) is 71.9 Å². The van der Waals surface area contributed by atoms with Gasteiger partial charge in [0.15, 0.2) is 5.82 Å². The van der Waals surface area contributed by atoms with Gasteiger partial charge in [-0.25, -0.2) is 0 Å². The molecule has 6 nitrogen and oxygen atoms in total. The van der Waals surface area contributed by atoms with E-state index in [0.29, 0.717) is 12.4 Å². The fourth-order valence-corrected chi connectivity index (χ4v) is 3.28. The van der Waals surface area contributed by atoms with Crippen LogP contribution in [-0.4, -0.2) is 33.4 Å². The zero-order valence-electron chi connectivity index (χ0n) is 13.6. The Hall–Kier alpha value is -2.60. The maximum Gasteiger partial charge on any atom is 0.254 e. The molecule has 3 heterocycles. The fraction of sp³-hybridized carbons (Fsp3) is 0.333. The molecule has 0 unspecified atom stereocenters. The molecule has 1 aliphatic rings. The van der Waals surface area contributed by atoms with Gasteiger partial charge in [-0.3, -0.25) is 9.89 Å². The average Bonchev–Trinajstić information content (AvgIpc) is 3.33. The van der Waals surface area contributed by atoms with Crippen LogP contribution in [0.5, 0.6) is 0 Å². The number of amides is 1. The minimum atomic E-state index is -0.354. The molecule has 124 valence electrons. The largest absolute Gasteiger partial charge is 0.368 e.